The highest BCUT2D eigenvalue weighted by atomic mass is 32.1. The summed E-state index contributed by atoms with van der Waals surface area (Å²) < 4.78 is 1.56. The molecule has 0 aromatic carbocycles. The van der Waals surface area contributed by atoms with Gasteiger partial charge in [0.15, 0.2) is 0 Å². The molecule has 104 valence electrons. The van der Waals surface area contributed by atoms with Crippen molar-refractivity contribution in [1.82, 2.24) is 15.1 Å². The second-order valence-corrected chi connectivity index (χ2v) is 5.26. The molecule has 0 atom stereocenters. The van der Waals surface area contributed by atoms with Gasteiger partial charge in [0.2, 0.25) is 0 Å². The van der Waals surface area contributed by atoms with Crippen molar-refractivity contribution >= 4 is 29.3 Å². The van der Waals surface area contributed by atoms with Crippen LogP contribution in [0.15, 0.2) is 30.6 Å². The minimum atomic E-state index is -0.982. The summed E-state index contributed by atoms with van der Waals surface area (Å²) >= 11 is 1.43. The van der Waals surface area contributed by atoms with Crippen molar-refractivity contribution in [3.8, 4) is 0 Å². The van der Waals surface area contributed by atoms with E-state index in [1.165, 1.54) is 23.6 Å². The number of thiophene rings is 1. The molecule has 2 aromatic rings. The molecular formula is C13H13N3O3S. The number of carboxylic acids is 1. The Morgan fingerprint density at radius 1 is 1.50 bits per heavy atom. The summed E-state index contributed by atoms with van der Waals surface area (Å²) in [5.74, 6) is -1.17. The van der Waals surface area contributed by atoms with Gasteiger partial charge in [0.25, 0.3) is 5.91 Å². The van der Waals surface area contributed by atoms with E-state index in [1.807, 2.05) is 12.1 Å². The third-order valence-corrected chi connectivity index (χ3v) is 3.51. The molecule has 0 radical (unpaired) electrons. The van der Waals surface area contributed by atoms with Gasteiger partial charge in [-0.3, -0.25) is 9.48 Å². The molecule has 0 saturated carbocycles. The van der Waals surface area contributed by atoms with Crippen LogP contribution in [0.3, 0.4) is 0 Å². The van der Waals surface area contributed by atoms with Gasteiger partial charge >= 0.3 is 5.97 Å². The Morgan fingerprint density at radius 2 is 2.30 bits per heavy atom. The number of nitrogens with one attached hydrogen (secondary N) is 1. The number of carbonyl (C=O) groups is 2. The highest BCUT2D eigenvalue weighted by Gasteiger charge is 2.07. The molecule has 0 spiro atoms. The van der Waals surface area contributed by atoms with E-state index in [0.29, 0.717) is 12.1 Å². The average Bonchev–Trinajstić information content (AvgIpc) is 3.02. The molecule has 0 unspecified atom stereocenters. The van der Waals surface area contributed by atoms with Gasteiger partial charge in [-0.2, -0.15) is 5.10 Å². The van der Waals surface area contributed by atoms with Crippen molar-refractivity contribution in [2.24, 2.45) is 7.05 Å². The molecule has 0 aliphatic carbocycles. The first-order chi connectivity index (χ1) is 9.54. The van der Waals surface area contributed by atoms with Crippen LogP contribution in [0.5, 0.6) is 0 Å². The number of aliphatic carboxylic acids is 1. The minimum Gasteiger partial charge on any atom is -0.478 e. The van der Waals surface area contributed by atoms with Gasteiger partial charge in [0, 0.05) is 29.1 Å². The molecule has 20 heavy (non-hydrogen) atoms. The fourth-order valence-electron chi connectivity index (χ4n) is 1.54. The van der Waals surface area contributed by atoms with Gasteiger partial charge < -0.3 is 10.4 Å². The van der Waals surface area contributed by atoms with Crippen LogP contribution in [-0.4, -0.2) is 26.8 Å². The van der Waals surface area contributed by atoms with E-state index >= 15 is 0 Å². The highest BCUT2D eigenvalue weighted by molar-refractivity contribution is 7.12. The summed E-state index contributed by atoms with van der Waals surface area (Å²) in [4.78, 5) is 24.0. The predicted octanol–water partition coefficient (Wildman–Crippen LogP) is 1.51. The van der Waals surface area contributed by atoms with Crippen LogP contribution < -0.4 is 5.32 Å². The zero-order valence-electron chi connectivity index (χ0n) is 10.7. The lowest BCUT2D eigenvalue weighted by Gasteiger charge is -2.00. The van der Waals surface area contributed by atoms with E-state index in [2.05, 4.69) is 10.4 Å². The number of aromatic nitrogens is 2. The zero-order valence-corrected chi connectivity index (χ0v) is 11.6. The van der Waals surface area contributed by atoms with Crippen LogP contribution in [-0.2, 0) is 18.4 Å². The number of carboxylic acid groups (broad SMARTS) is 1. The van der Waals surface area contributed by atoms with Crippen LogP contribution >= 0.6 is 11.3 Å². The van der Waals surface area contributed by atoms with Gasteiger partial charge in [-0.05, 0) is 18.2 Å². The van der Waals surface area contributed by atoms with Crippen molar-refractivity contribution in [1.29, 1.82) is 0 Å². The topological polar surface area (TPSA) is 84.2 Å². The van der Waals surface area contributed by atoms with E-state index in [0.717, 1.165) is 15.8 Å². The number of hydrogen-bond donors (Lipinski definition) is 2. The first kappa shape index (κ1) is 14.0. The lowest BCUT2D eigenvalue weighted by molar-refractivity contribution is -0.131. The molecule has 0 saturated heterocycles. The molecule has 2 aromatic heterocycles. The van der Waals surface area contributed by atoms with E-state index in [-0.39, 0.29) is 5.91 Å². The molecule has 7 heteroatoms. The summed E-state index contributed by atoms with van der Waals surface area (Å²) in [6.45, 7) is 0.402. The summed E-state index contributed by atoms with van der Waals surface area (Å²) in [5.41, 5.74) is 0.509. The van der Waals surface area contributed by atoms with Crippen molar-refractivity contribution in [3.05, 3.63) is 45.9 Å². The highest BCUT2D eigenvalue weighted by Crippen LogP contribution is 2.17. The standard InChI is InChI=1S/C13H13N3O3S/c1-16-8-9(6-15-16)13(19)14-7-11-3-2-10(20-11)4-5-12(17)18/h2-6,8H,7H2,1H3,(H,14,19)(H,17,18). The largest absolute Gasteiger partial charge is 0.478 e. The Balaban J connectivity index is 1.91. The van der Waals surface area contributed by atoms with Gasteiger partial charge in [-0.25, -0.2) is 4.79 Å². The lowest BCUT2D eigenvalue weighted by atomic mass is 10.3. The molecule has 6 nitrogen and oxygen atoms in total. The number of hydrogen-bond acceptors (Lipinski definition) is 4. The van der Waals surface area contributed by atoms with Gasteiger partial charge in [0.05, 0.1) is 18.3 Å². The molecule has 0 aliphatic rings. The second-order valence-electron chi connectivity index (χ2n) is 4.06. The minimum absolute atomic E-state index is 0.186. The fraction of sp³-hybridized carbons (Fsp3) is 0.154. The monoisotopic (exact) mass is 291 g/mol. The molecular weight excluding hydrogens is 278 g/mol. The van der Waals surface area contributed by atoms with Crippen molar-refractivity contribution in [2.75, 3.05) is 0 Å². The Kier molecular flexibility index (Phi) is 4.31. The van der Waals surface area contributed by atoms with Crippen molar-refractivity contribution in [2.45, 2.75) is 6.54 Å². The first-order valence-corrected chi connectivity index (χ1v) is 6.63. The third kappa shape index (κ3) is 3.79. The Hall–Kier alpha value is -2.41. The predicted molar refractivity (Wildman–Crippen MR) is 75.4 cm³/mol. The van der Waals surface area contributed by atoms with E-state index in [4.69, 9.17) is 5.11 Å². The van der Waals surface area contributed by atoms with Gasteiger partial charge in [-0.15, -0.1) is 11.3 Å². The Morgan fingerprint density at radius 3 is 2.95 bits per heavy atom. The van der Waals surface area contributed by atoms with Gasteiger partial charge in [-0.1, -0.05) is 0 Å². The van der Waals surface area contributed by atoms with Crippen LogP contribution in [0.25, 0.3) is 6.08 Å². The van der Waals surface area contributed by atoms with Crippen LogP contribution in [0.4, 0.5) is 0 Å². The molecule has 1 amide bonds. The van der Waals surface area contributed by atoms with Crippen molar-refractivity contribution < 1.29 is 14.7 Å². The molecule has 0 aliphatic heterocycles. The lowest BCUT2D eigenvalue weighted by Crippen LogP contribution is -2.21. The van der Waals surface area contributed by atoms with Crippen LogP contribution in [0.2, 0.25) is 0 Å². The van der Waals surface area contributed by atoms with E-state index in [9.17, 15) is 9.59 Å². The Labute approximate surface area is 119 Å². The second kappa shape index (κ2) is 6.16. The molecule has 0 bridgehead atoms. The molecule has 0 fully saturated rings. The molecule has 2 heterocycles. The average molecular weight is 291 g/mol. The quantitative estimate of drug-likeness (QED) is 0.818. The maximum atomic E-state index is 11.8. The zero-order chi connectivity index (χ0) is 14.5. The summed E-state index contributed by atoms with van der Waals surface area (Å²) in [6, 6.07) is 3.67. The van der Waals surface area contributed by atoms with Gasteiger partial charge in [0.1, 0.15) is 0 Å². The van der Waals surface area contributed by atoms with E-state index < -0.39 is 5.97 Å². The third-order valence-electron chi connectivity index (χ3n) is 2.46. The number of rotatable bonds is 5. The first-order valence-electron chi connectivity index (χ1n) is 5.81. The SMILES string of the molecule is Cn1cc(C(=O)NCc2ccc(C=CC(=O)O)s2)cn1. The summed E-state index contributed by atoms with van der Waals surface area (Å²) in [7, 11) is 1.75. The number of carbonyl (C=O) groups excluding carboxylic acids is 1. The summed E-state index contributed by atoms with van der Waals surface area (Å²) in [6.07, 6.45) is 5.76. The van der Waals surface area contributed by atoms with Crippen molar-refractivity contribution in [3.63, 3.8) is 0 Å². The fourth-order valence-corrected chi connectivity index (χ4v) is 2.40. The number of nitrogens with zero attached hydrogens (tertiary/aromatic N) is 2. The van der Waals surface area contributed by atoms with E-state index in [1.54, 1.807) is 17.9 Å². The molecule has 2 N–H and O–H groups in total. The molecule has 2 rings (SSSR count). The normalized spacial score (nSPS) is 10.8. The summed E-state index contributed by atoms with van der Waals surface area (Å²) in [5, 5.41) is 15.3. The number of amides is 1. The Bertz CT molecular complexity index is 657. The maximum absolute atomic E-state index is 11.8. The maximum Gasteiger partial charge on any atom is 0.328 e. The van der Waals surface area contributed by atoms with Crippen LogP contribution in [0.1, 0.15) is 20.1 Å². The smallest absolute Gasteiger partial charge is 0.328 e. The van der Waals surface area contributed by atoms with Crippen LogP contribution in [0, 0.1) is 0 Å². The number of aryl methyl sites for hydroxylation is 1.